The normalized spacial score (nSPS) is 17.1. The van der Waals surface area contributed by atoms with Gasteiger partial charge in [-0.15, -0.1) is 0 Å². The largest absolute Gasteiger partial charge is 0.481 e. The molecule has 0 spiro atoms. The minimum absolute atomic E-state index is 0.0589. The second-order valence-corrected chi connectivity index (χ2v) is 10.5. The quantitative estimate of drug-likeness (QED) is 0.569. The van der Waals surface area contributed by atoms with Crippen LogP contribution in [0.1, 0.15) is 35.9 Å². The molecule has 0 radical (unpaired) electrons. The van der Waals surface area contributed by atoms with Gasteiger partial charge in [-0.05, 0) is 25.8 Å². The summed E-state index contributed by atoms with van der Waals surface area (Å²) in [7, 11) is -1.51. The van der Waals surface area contributed by atoms with E-state index in [0.717, 1.165) is 0 Å². The summed E-state index contributed by atoms with van der Waals surface area (Å²) in [5.74, 6) is 0.473. The van der Waals surface area contributed by atoms with E-state index in [0.29, 0.717) is 41.0 Å². The molecule has 0 bridgehead atoms. The molecule has 4 heterocycles. The fourth-order valence-corrected chi connectivity index (χ4v) is 5.21. The van der Waals surface area contributed by atoms with E-state index >= 15 is 0 Å². The van der Waals surface area contributed by atoms with Gasteiger partial charge in [-0.3, -0.25) is 4.79 Å². The Bertz CT molecular complexity index is 1260. The van der Waals surface area contributed by atoms with Crippen LogP contribution in [-0.2, 0) is 16.4 Å². The summed E-state index contributed by atoms with van der Waals surface area (Å²) in [4.78, 5) is 21.3. The second-order valence-electron chi connectivity index (χ2n) is 7.84. The van der Waals surface area contributed by atoms with Crippen LogP contribution in [-0.4, -0.2) is 58.1 Å². The van der Waals surface area contributed by atoms with E-state index in [1.165, 1.54) is 11.6 Å². The van der Waals surface area contributed by atoms with E-state index in [1.54, 1.807) is 30.5 Å². The third kappa shape index (κ3) is 4.94. The summed E-state index contributed by atoms with van der Waals surface area (Å²) in [6, 6.07) is 6.49. The molecule has 1 aliphatic heterocycles. The monoisotopic (exact) mass is 479 g/mol. The first-order chi connectivity index (χ1) is 15.2. The molecule has 1 fully saturated rings. The first kappa shape index (κ1) is 22.3. The number of amides is 1. The minimum atomic E-state index is -3.03. The number of hydrogen-bond acceptors (Lipinski definition) is 8. The minimum Gasteiger partial charge on any atom is -0.481 e. The van der Waals surface area contributed by atoms with Crippen molar-refractivity contribution in [2.45, 2.75) is 31.9 Å². The molecule has 0 aliphatic carbocycles. The lowest BCUT2D eigenvalue weighted by atomic mass is 9.95. The fourth-order valence-electron chi connectivity index (χ4n) is 3.33. The number of halogens is 1. The number of carbonyl (C=O) groups is 1. The number of nitrogens with one attached hydrogen (secondary N) is 1. The molecule has 32 heavy (non-hydrogen) atoms. The molecular formula is C20H22ClN5O5S. The average Bonchev–Trinajstić information content (AvgIpc) is 3.19. The molecule has 10 nitrogen and oxygen atoms in total. The molecule has 170 valence electrons. The number of hydrogen-bond donors (Lipinski definition) is 1. The van der Waals surface area contributed by atoms with Gasteiger partial charge in [0.1, 0.15) is 22.1 Å². The van der Waals surface area contributed by atoms with Crippen molar-refractivity contribution in [3.8, 4) is 11.8 Å². The van der Waals surface area contributed by atoms with Crippen LogP contribution < -0.4 is 14.8 Å². The molecule has 12 heteroatoms. The lowest BCUT2D eigenvalue weighted by Gasteiger charge is -2.34. The topological polar surface area (TPSA) is 125 Å². The van der Waals surface area contributed by atoms with Crippen LogP contribution in [0.15, 0.2) is 30.5 Å². The molecule has 3 aromatic heterocycles. The van der Waals surface area contributed by atoms with Gasteiger partial charge < -0.3 is 14.8 Å². The Morgan fingerprint density at radius 1 is 1.22 bits per heavy atom. The van der Waals surface area contributed by atoms with Crippen molar-refractivity contribution < 1.29 is 22.7 Å². The second kappa shape index (κ2) is 8.55. The number of sulfone groups is 1. The molecule has 0 atom stereocenters. The Hall–Kier alpha value is -2.92. The zero-order valence-corrected chi connectivity index (χ0v) is 19.1. The van der Waals surface area contributed by atoms with Crippen molar-refractivity contribution in [1.29, 1.82) is 0 Å². The predicted molar refractivity (Wildman–Crippen MR) is 117 cm³/mol. The molecular weight excluding hydrogens is 458 g/mol. The highest BCUT2D eigenvalue weighted by molar-refractivity contribution is 7.91. The van der Waals surface area contributed by atoms with Crippen molar-refractivity contribution in [3.63, 3.8) is 0 Å². The number of aromatic nitrogens is 4. The summed E-state index contributed by atoms with van der Waals surface area (Å²) in [6.45, 7) is 1.93. The van der Waals surface area contributed by atoms with E-state index < -0.39 is 15.4 Å². The van der Waals surface area contributed by atoms with Crippen molar-refractivity contribution in [1.82, 2.24) is 24.9 Å². The summed E-state index contributed by atoms with van der Waals surface area (Å²) in [5.41, 5.74) is 0.516. The molecule has 0 aromatic carbocycles. The van der Waals surface area contributed by atoms with Crippen LogP contribution in [0.25, 0.3) is 5.65 Å². The Labute approximate surface area is 189 Å². The molecule has 3 aromatic rings. The van der Waals surface area contributed by atoms with Gasteiger partial charge in [0, 0.05) is 29.9 Å². The van der Waals surface area contributed by atoms with E-state index in [-0.39, 0.29) is 29.7 Å². The lowest BCUT2D eigenvalue weighted by Crippen LogP contribution is -2.51. The van der Waals surface area contributed by atoms with Crippen LogP contribution in [0.3, 0.4) is 0 Å². The highest BCUT2D eigenvalue weighted by Gasteiger charge is 2.35. The van der Waals surface area contributed by atoms with Crippen LogP contribution in [0.2, 0.25) is 5.02 Å². The number of rotatable bonds is 6. The van der Waals surface area contributed by atoms with Crippen LogP contribution in [0, 0.1) is 0 Å². The molecule has 0 saturated carbocycles. The van der Waals surface area contributed by atoms with Crippen LogP contribution in [0.4, 0.5) is 0 Å². The number of nitrogens with zero attached hydrogens (tertiary/aromatic N) is 4. The third-order valence-electron chi connectivity index (χ3n) is 5.34. The zero-order chi connectivity index (χ0) is 22.9. The van der Waals surface area contributed by atoms with Crippen molar-refractivity contribution >= 4 is 33.0 Å². The zero-order valence-electron chi connectivity index (χ0n) is 17.5. The Morgan fingerprint density at radius 2 is 1.97 bits per heavy atom. The van der Waals surface area contributed by atoms with Gasteiger partial charge in [0.15, 0.2) is 11.3 Å². The molecule has 0 unspecified atom stereocenters. The number of carbonyl (C=O) groups excluding carboxylic acids is 1. The van der Waals surface area contributed by atoms with Gasteiger partial charge in [0.25, 0.3) is 5.91 Å². The summed E-state index contributed by atoms with van der Waals surface area (Å²) < 4.78 is 35.6. The first-order valence-corrected chi connectivity index (χ1v) is 12.1. The average molecular weight is 480 g/mol. The smallest absolute Gasteiger partial charge is 0.272 e. The summed E-state index contributed by atoms with van der Waals surface area (Å²) in [6.07, 6.45) is 2.36. The fraction of sp³-hybridized carbons (Fsp3) is 0.400. The predicted octanol–water partition coefficient (Wildman–Crippen LogP) is 2.06. The van der Waals surface area contributed by atoms with Crippen molar-refractivity contribution in [3.05, 3.63) is 46.9 Å². The molecule has 1 amide bonds. The Morgan fingerprint density at radius 3 is 2.69 bits per heavy atom. The molecule has 1 aliphatic rings. The van der Waals surface area contributed by atoms with Gasteiger partial charge in [-0.2, -0.15) is 10.1 Å². The van der Waals surface area contributed by atoms with Gasteiger partial charge in [0.05, 0.1) is 23.6 Å². The highest BCUT2D eigenvalue weighted by atomic mass is 35.5. The van der Waals surface area contributed by atoms with Gasteiger partial charge >= 0.3 is 0 Å². The maximum atomic E-state index is 12.7. The Kier molecular flexibility index (Phi) is 5.95. The van der Waals surface area contributed by atoms with Gasteiger partial charge in [-0.25, -0.2) is 17.9 Å². The summed E-state index contributed by atoms with van der Waals surface area (Å²) in [5, 5.41) is 7.61. The van der Waals surface area contributed by atoms with E-state index in [1.807, 2.05) is 6.92 Å². The number of ether oxygens (including phenoxy) is 2. The van der Waals surface area contributed by atoms with Crippen LogP contribution >= 0.6 is 11.6 Å². The molecule has 1 saturated heterocycles. The SMILES string of the molecule is COc1ccc(Cl)c(COc2ccn3nc(C(=O)NC4(C)CCS(=O)(=O)CC4)cc3n2)n1. The van der Waals surface area contributed by atoms with Gasteiger partial charge in [-0.1, -0.05) is 11.6 Å². The van der Waals surface area contributed by atoms with Crippen molar-refractivity contribution in [2.24, 2.45) is 0 Å². The Balaban J connectivity index is 1.45. The lowest BCUT2D eigenvalue weighted by molar-refractivity contribution is 0.0894. The maximum Gasteiger partial charge on any atom is 0.272 e. The third-order valence-corrected chi connectivity index (χ3v) is 7.33. The highest BCUT2D eigenvalue weighted by Crippen LogP contribution is 2.24. The van der Waals surface area contributed by atoms with Crippen molar-refractivity contribution in [2.75, 3.05) is 18.6 Å². The molecule has 1 N–H and O–H groups in total. The number of fused-ring (bicyclic) bond motifs is 1. The standard InChI is InChI=1S/C20H22ClN5O5S/c1-20(6-9-32(28,29)10-7-20)24-19(27)14-11-16-23-18(5-8-26(16)25-14)31-12-15-13(21)3-4-17(22-15)30-2/h3-5,8,11H,6-7,9-10,12H2,1-2H3,(H,24,27). The van der Waals surface area contributed by atoms with E-state index in [4.69, 9.17) is 21.1 Å². The maximum absolute atomic E-state index is 12.7. The van der Waals surface area contributed by atoms with Crippen LogP contribution in [0.5, 0.6) is 11.8 Å². The van der Waals surface area contributed by atoms with E-state index in [2.05, 4.69) is 20.4 Å². The summed E-state index contributed by atoms with van der Waals surface area (Å²) >= 11 is 6.15. The van der Waals surface area contributed by atoms with E-state index in [9.17, 15) is 13.2 Å². The number of methoxy groups -OCH3 is 1. The first-order valence-electron chi connectivity index (χ1n) is 9.88. The van der Waals surface area contributed by atoms with Gasteiger partial charge in [0.2, 0.25) is 11.8 Å². The number of pyridine rings is 1. The molecule has 4 rings (SSSR count).